The molecule has 112 valence electrons. The lowest BCUT2D eigenvalue weighted by Crippen LogP contribution is -2.10. The van der Waals surface area contributed by atoms with Gasteiger partial charge in [-0.1, -0.05) is 65.0 Å². The molecule has 0 bridgehead atoms. The fraction of sp³-hybridized carbons (Fsp3) is 0.450. The highest BCUT2D eigenvalue weighted by Gasteiger charge is 2.12. The molecule has 0 spiro atoms. The van der Waals surface area contributed by atoms with Crippen LogP contribution < -0.4 is 0 Å². The summed E-state index contributed by atoms with van der Waals surface area (Å²) in [5, 5.41) is 0. The first kappa shape index (κ1) is 15.8. The van der Waals surface area contributed by atoms with Crippen LogP contribution in [0.4, 0.5) is 0 Å². The Hall–Kier alpha value is -1.63. The molecular formula is C20H27N. The van der Waals surface area contributed by atoms with Crippen LogP contribution in [0.25, 0.3) is 11.1 Å². The quantitative estimate of drug-likeness (QED) is 0.717. The van der Waals surface area contributed by atoms with Crippen molar-refractivity contribution in [2.45, 2.75) is 47.5 Å². The topological polar surface area (TPSA) is 12.9 Å². The maximum absolute atomic E-state index is 4.61. The average molecular weight is 281 g/mol. The minimum Gasteiger partial charge on any atom is -0.261 e. The highest BCUT2D eigenvalue weighted by atomic mass is 14.7. The van der Waals surface area contributed by atoms with E-state index in [2.05, 4.69) is 76.0 Å². The molecule has 0 atom stereocenters. The van der Waals surface area contributed by atoms with Crippen molar-refractivity contribution < 1.29 is 0 Å². The molecule has 0 fully saturated rings. The molecule has 0 unspecified atom stereocenters. The van der Waals surface area contributed by atoms with Crippen LogP contribution in [0.5, 0.6) is 0 Å². The maximum Gasteiger partial charge on any atom is 0.0409 e. The van der Waals surface area contributed by atoms with Gasteiger partial charge in [-0.15, -0.1) is 0 Å². The van der Waals surface area contributed by atoms with Crippen molar-refractivity contribution in [3.63, 3.8) is 0 Å². The lowest BCUT2D eigenvalue weighted by atomic mass is 9.90. The van der Waals surface area contributed by atoms with Gasteiger partial charge >= 0.3 is 0 Å². The Balaban J connectivity index is 2.11. The van der Waals surface area contributed by atoms with E-state index in [9.17, 15) is 0 Å². The molecule has 1 heteroatoms. The van der Waals surface area contributed by atoms with Gasteiger partial charge in [-0.2, -0.15) is 0 Å². The van der Waals surface area contributed by atoms with E-state index in [0.717, 1.165) is 12.8 Å². The molecule has 0 saturated carbocycles. The van der Waals surface area contributed by atoms with E-state index < -0.39 is 0 Å². The Morgan fingerprint density at radius 2 is 1.52 bits per heavy atom. The fourth-order valence-electron chi connectivity index (χ4n) is 2.55. The molecule has 0 aliphatic carbocycles. The second kappa shape index (κ2) is 6.43. The smallest absolute Gasteiger partial charge is 0.0409 e. The summed E-state index contributed by atoms with van der Waals surface area (Å²) in [6.07, 6.45) is 4.15. The zero-order valence-corrected chi connectivity index (χ0v) is 14.0. The van der Waals surface area contributed by atoms with Crippen LogP contribution in [0.2, 0.25) is 0 Å². The third-order valence-corrected chi connectivity index (χ3v) is 3.47. The van der Waals surface area contributed by atoms with E-state index in [1.807, 2.05) is 6.20 Å². The first-order valence-electron chi connectivity index (χ1n) is 7.88. The second-order valence-electron chi connectivity index (χ2n) is 7.57. The van der Waals surface area contributed by atoms with Crippen molar-refractivity contribution in [1.29, 1.82) is 0 Å². The van der Waals surface area contributed by atoms with Crippen LogP contribution in [0.3, 0.4) is 0 Å². The Kier molecular flexibility index (Phi) is 4.82. The Labute approximate surface area is 129 Å². The van der Waals surface area contributed by atoms with Gasteiger partial charge in [0, 0.05) is 17.5 Å². The van der Waals surface area contributed by atoms with Gasteiger partial charge in [-0.05, 0) is 41.4 Å². The number of rotatable bonds is 4. The lowest BCUT2D eigenvalue weighted by Gasteiger charge is -2.17. The Morgan fingerprint density at radius 1 is 0.905 bits per heavy atom. The van der Waals surface area contributed by atoms with Gasteiger partial charge in [0.15, 0.2) is 0 Å². The van der Waals surface area contributed by atoms with Crippen LogP contribution in [-0.4, -0.2) is 4.98 Å². The van der Waals surface area contributed by atoms with Gasteiger partial charge in [-0.25, -0.2) is 0 Å². The predicted molar refractivity (Wildman–Crippen MR) is 91.4 cm³/mol. The first-order valence-corrected chi connectivity index (χ1v) is 7.88. The molecule has 2 rings (SSSR count). The zero-order valence-electron chi connectivity index (χ0n) is 14.0. The molecule has 1 aromatic heterocycles. The van der Waals surface area contributed by atoms with E-state index in [1.165, 1.54) is 22.4 Å². The predicted octanol–water partition coefficient (Wildman–Crippen LogP) is 5.54. The summed E-state index contributed by atoms with van der Waals surface area (Å²) in [5.41, 5.74) is 5.31. The summed E-state index contributed by atoms with van der Waals surface area (Å²) in [6, 6.07) is 13.2. The summed E-state index contributed by atoms with van der Waals surface area (Å²) in [5.74, 6) is 0.703. The van der Waals surface area contributed by atoms with E-state index in [-0.39, 0.29) is 5.41 Å². The van der Waals surface area contributed by atoms with Crippen molar-refractivity contribution in [3.05, 3.63) is 53.9 Å². The molecule has 1 aromatic carbocycles. The monoisotopic (exact) mass is 281 g/mol. The summed E-state index contributed by atoms with van der Waals surface area (Å²) in [6.45, 7) is 11.2. The van der Waals surface area contributed by atoms with Gasteiger partial charge in [0.25, 0.3) is 0 Å². The first-order chi connectivity index (χ1) is 9.83. The number of hydrogen-bond acceptors (Lipinski definition) is 1. The van der Waals surface area contributed by atoms with Crippen molar-refractivity contribution in [3.8, 4) is 11.1 Å². The molecule has 0 saturated heterocycles. The van der Waals surface area contributed by atoms with Crippen molar-refractivity contribution in [2.75, 3.05) is 0 Å². The zero-order chi connectivity index (χ0) is 15.5. The van der Waals surface area contributed by atoms with E-state index in [1.54, 1.807) is 0 Å². The van der Waals surface area contributed by atoms with Crippen LogP contribution in [0.1, 0.15) is 45.9 Å². The van der Waals surface area contributed by atoms with Gasteiger partial charge < -0.3 is 0 Å². The van der Waals surface area contributed by atoms with Gasteiger partial charge in [0.1, 0.15) is 0 Å². The molecule has 1 heterocycles. The second-order valence-corrected chi connectivity index (χ2v) is 7.57. The number of pyridine rings is 1. The van der Waals surface area contributed by atoms with E-state index in [4.69, 9.17) is 0 Å². The summed E-state index contributed by atoms with van der Waals surface area (Å²) in [4.78, 5) is 4.61. The molecule has 1 nitrogen and oxygen atoms in total. The summed E-state index contributed by atoms with van der Waals surface area (Å²) < 4.78 is 0. The molecule has 21 heavy (non-hydrogen) atoms. The maximum atomic E-state index is 4.61. The Bertz CT molecular complexity index is 556. The molecule has 0 aliphatic heterocycles. The van der Waals surface area contributed by atoms with Crippen molar-refractivity contribution >= 4 is 0 Å². The van der Waals surface area contributed by atoms with E-state index >= 15 is 0 Å². The third kappa shape index (κ3) is 5.00. The van der Waals surface area contributed by atoms with Gasteiger partial charge in [0.2, 0.25) is 0 Å². The molecular weight excluding hydrogens is 254 g/mol. The highest BCUT2D eigenvalue weighted by molar-refractivity contribution is 5.62. The van der Waals surface area contributed by atoms with Crippen LogP contribution >= 0.6 is 0 Å². The molecule has 0 amide bonds. The highest BCUT2D eigenvalue weighted by Crippen LogP contribution is 2.23. The largest absolute Gasteiger partial charge is 0.261 e. The van der Waals surface area contributed by atoms with Crippen LogP contribution in [-0.2, 0) is 12.8 Å². The van der Waals surface area contributed by atoms with Crippen molar-refractivity contribution in [2.24, 2.45) is 11.3 Å². The Morgan fingerprint density at radius 3 is 2.00 bits per heavy atom. The number of aromatic nitrogens is 1. The van der Waals surface area contributed by atoms with Crippen LogP contribution in [0, 0.1) is 11.3 Å². The summed E-state index contributed by atoms with van der Waals surface area (Å²) in [7, 11) is 0. The molecule has 0 aliphatic rings. The van der Waals surface area contributed by atoms with E-state index in [0.29, 0.717) is 5.92 Å². The van der Waals surface area contributed by atoms with Gasteiger partial charge in [-0.3, -0.25) is 4.98 Å². The minimum atomic E-state index is 0.285. The molecule has 2 aromatic rings. The average Bonchev–Trinajstić information content (AvgIpc) is 2.38. The molecule has 0 radical (unpaired) electrons. The number of hydrogen-bond donors (Lipinski definition) is 0. The number of benzene rings is 1. The normalized spacial score (nSPS) is 11.9. The van der Waals surface area contributed by atoms with Gasteiger partial charge in [0.05, 0.1) is 0 Å². The summed E-state index contributed by atoms with van der Waals surface area (Å²) >= 11 is 0. The third-order valence-electron chi connectivity index (χ3n) is 3.47. The SMILES string of the molecule is CC(C)Cc1ccc(-c2ccc(CC(C)(C)C)nc2)cc1. The minimum absolute atomic E-state index is 0.285. The van der Waals surface area contributed by atoms with Crippen LogP contribution in [0.15, 0.2) is 42.6 Å². The number of nitrogens with zero attached hydrogens (tertiary/aromatic N) is 1. The lowest BCUT2D eigenvalue weighted by molar-refractivity contribution is 0.406. The standard InChI is InChI=1S/C20H27N/c1-15(2)12-16-6-8-17(9-7-16)18-10-11-19(21-14-18)13-20(3,4)5/h6-11,14-15H,12-13H2,1-5H3. The van der Waals surface area contributed by atoms with Crippen molar-refractivity contribution in [1.82, 2.24) is 4.98 Å². The fourth-order valence-corrected chi connectivity index (χ4v) is 2.55. The molecule has 0 N–H and O–H groups in total.